The largest absolute Gasteiger partial charge is 0.384 e. The molecule has 3 aromatic heterocycles. The van der Waals surface area contributed by atoms with Crippen LogP contribution in [0.25, 0.3) is 22.3 Å². The molecule has 186 valence electrons. The number of carbonyl (C=O) groups is 1. The molecule has 2 fully saturated rings. The molecule has 5 heterocycles. The Kier molecular flexibility index (Phi) is 6.35. The van der Waals surface area contributed by atoms with E-state index in [0.29, 0.717) is 81.0 Å². The molecule has 0 spiro atoms. The molecular formula is C21H27N9O4S. The number of nitrogens with zero attached hydrogens (tertiary/aromatic N) is 8. The van der Waals surface area contributed by atoms with Crippen molar-refractivity contribution in [3.05, 3.63) is 24.5 Å². The maximum atomic E-state index is 13.3. The zero-order valence-corrected chi connectivity index (χ0v) is 20.2. The second-order valence-electron chi connectivity index (χ2n) is 8.57. The number of pyridine rings is 1. The Bertz CT molecular complexity index is 1330. The molecule has 0 amide bonds. The maximum absolute atomic E-state index is 13.3. The predicted molar refractivity (Wildman–Crippen MR) is 129 cm³/mol. The van der Waals surface area contributed by atoms with Crippen molar-refractivity contribution in [3.8, 4) is 11.3 Å². The van der Waals surface area contributed by atoms with Crippen molar-refractivity contribution in [2.45, 2.75) is 0 Å². The highest BCUT2D eigenvalue weighted by molar-refractivity contribution is 7.88. The number of fused-ring (bicyclic) bond motifs is 1. The van der Waals surface area contributed by atoms with Crippen LogP contribution >= 0.6 is 0 Å². The summed E-state index contributed by atoms with van der Waals surface area (Å²) in [4.78, 5) is 30.9. The minimum Gasteiger partial charge on any atom is -0.384 e. The number of rotatable bonds is 5. The molecule has 0 aliphatic carbocycles. The van der Waals surface area contributed by atoms with Crippen LogP contribution < -0.4 is 10.6 Å². The van der Waals surface area contributed by atoms with Gasteiger partial charge in [-0.3, -0.25) is 9.69 Å². The van der Waals surface area contributed by atoms with Crippen molar-refractivity contribution in [2.75, 3.05) is 75.9 Å². The van der Waals surface area contributed by atoms with E-state index in [1.807, 2.05) is 15.9 Å². The van der Waals surface area contributed by atoms with E-state index < -0.39 is 10.0 Å². The van der Waals surface area contributed by atoms with Crippen molar-refractivity contribution < 1.29 is 17.9 Å². The minimum atomic E-state index is -3.24. The lowest BCUT2D eigenvalue weighted by Crippen LogP contribution is -2.50. The van der Waals surface area contributed by atoms with Gasteiger partial charge in [0.2, 0.25) is 16.0 Å². The van der Waals surface area contributed by atoms with Crippen LogP contribution in [0, 0.1) is 0 Å². The summed E-state index contributed by atoms with van der Waals surface area (Å²) in [5, 5.41) is 4.98. The summed E-state index contributed by atoms with van der Waals surface area (Å²) in [5.41, 5.74) is 7.53. The van der Waals surface area contributed by atoms with Crippen LogP contribution in [0.3, 0.4) is 0 Å². The number of anilines is 2. The van der Waals surface area contributed by atoms with E-state index in [9.17, 15) is 13.2 Å². The average Bonchev–Trinajstić information content (AvgIpc) is 3.29. The summed E-state index contributed by atoms with van der Waals surface area (Å²) in [7, 11) is -3.24. The van der Waals surface area contributed by atoms with Gasteiger partial charge in [-0.25, -0.2) is 18.4 Å². The number of carbonyl (C=O) groups excluding carboxylic acids is 1. The van der Waals surface area contributed by atoms with Crippen LogP contribution in [0.15, 0.2) is 24.5 Å². The molecule has 0 unspecified atom stereocenters. The molecule has 0 radical (unpaired) electrons. The molecule has 0 bridgehead atoms. The number of sulfonamides is 1. The zero-order chi connectivity index (χ0) is 24.6. The van der Waals surface area contributed by atoms with Crippen molar-refractivity contribution in [1.29, 1.82) is 0 Å². The highest BCUT2D eigenvalue weighted by Crippen LogP contribution is 2.28. The van der Waals surface area contributed by atoms with Gasteiger partial charge in [-0.05, 0) is 12.1 Å². The fraction of sp³-hybridized carbons (Fsp3) is 0.476. The summed E-state index contributed by atoms with van der Waals surface area (Å²) in [6.07, 6.45) is 4.42. The van der Waals surface area contributed by atoms with Gasteiger partial charge in [-0.2, -0.15) is 19.1 Å². The number of hydrogen-bond donors (Lipinski definition) is 1. The van der Waals surface area contributed by atoms with Gasteiger partial charge in [0.05, 0.1) is 43.3 Å². The number of morpholine rings is 1. The molecule has 2 saturated heterocycles. The minimum absolute atomic E-state index is 0.101. The standard InChI is InChI=1S/C21H27N9O4S/c1-35(32,33)29-6-4-27(5-7-29)14-18(31)30-20-16(13-24-30)19(15-2-3-17(22)23-12-15)25-21(26-20)28-8-10-34-11-9-28/h2-3,12-13H,4-11,14H2,1H3,(H2,22,23). The van der Waals surface area contributed by atoms with Gasteiger partial charge in [0, 0.05) is 51.0 Å². The number of ether oxygens (including phenoxy) is 1. The summed E-state index contributed by atoms with van der Waals surface area (Å²) >= 11 is 0. The first-order chi connectivity index (χ1) is 16.8. The number of nitrogens with two attached hydrogens (primary N) is 1. The molecule has 13 nitrogen and oxygen atoms in total. The van der Waals surface area contributed by atoms with Crippen molar-refractivity contribution in [3.63, 3.8) is 0 Å². The fourth-order valence-electron chi connectivity index (χ4n) is 4.23. The first kappa shape index (κ1) is 23.5. The second-order valence-corrected chi connectivity index (χ2v) is 10.6. The molecule has 0 atom stereocenters. The smallest absolute Gasteiger partial charge is 0.263 e. The van der Waals surface area contributed by atoms with E-state index in [2.05, 4.69) is 10.1 Å². The molecule has 2 aliphatic rings. The predicted octanol–water partition coefficient (Wildman–Crippen LogP) is -0.475. The Morgan fingerprint density at radius 3 is 2.46 bits per heavy atom. The number of nitrogen functional groups attached to an aromatic ring is 1. The molecule has 0 saturated carbocycles. The quantitative estimate of drug-likeness (QED) is 0.482. The van der Waals surface area contributed by atoms with Crippen LogP contribution in [-0.2, 0) is 14.8 Å². The molecule has 3 aromatic rings. The van der Waals surface area contributed by atoms with Gasteiger partial charge in [-0.1, -0.05) is 0 Å². The molecule has 2 N–H and O–H groups in total. The van der Waals surface area contributed by atoms with E-state index >= 15 is 0 Å². The Morgan fingerprint density at radius 1 is 1.06 bits per heavy atom. The number of aromatic nitrogens is 5. The molecule has 35 heavy (non-hydrogen) atoms. The van der Waals surface area contributed by atoms with Gasteiger partial charge in [0.25, 0.3) is 5.91 Å². The number of hydrogen-bond acceptors (Lipinski definition) is 11. The highest BCUT2D eigenvalue weighted by Gasteiger charge is 2.27. The van der Waals surface area contributed by atoms with Crippen LogP contribution in [0.4, 0.5) is 11.8 Å². The topological polar surface area (TPSA) is 153 Å². The second kappa shape index (κ2) is 9.45. The normalized spacial score (nSPS) is 18.3. The molecule has 0 aromatic carbocycles. The Labute approximate surface area is 202 Å². The summed E-state index contributed by atoms with van der Waals surface area (Å²) in [5.74, 6) is 0.638. The van der Waals surface area contributed by atoms with E-state index in [1.165, 1.54) is 15.2 Å². The van der Waals surface area contributed by atoms with Gasteiger partial charge < -0.3 is 15.4 Å². The van der Waals surface area contributed by atoms with Gasteiger partial charge in [0.15, 0.2) is 5.65 Å². The van der Waals surface area contributed by atoms with Crippen molar-refractivity contribution in [2.24, 2.45) is 0 Å². The molecular weight excluding hydrogens is 474 g/mol. The summed E-state index contributed by atoms with van der Waals surface area (Å²) < 4.78 is 31.7. The molecule has 2 aliphatic heterocycles. The molecule has 5 rings (SSSR count). The lowest BCUT2D eigenvalue weighted by atomic mass is 10.1. The lowest BCUT2D eigenvalue weighted by molar-refractivity contribution is 0.0809. The third-order valence-corrected chi connectivity index (χ3v) is 7.47. The fourth-order valence-corrected chi connectivity index (χ4v) is 5.05. The third-order valence-electron chi connectivity index (χ3n) is 6.17. The van der Waals surface area contributed by atoms with E-state index in [4.69, 9.17) is 20.4 Å². The zero-order valence-electron chi connectivity index (χ0n) is 19.4. The van der Waals surface area contributed by atoms with Gasteiger partial charge in [-0.15, -0.1) is 0 Å². The van der Waals surface area contributed by atoms with Crippen LogP contribution in [0.2, 0.25) is 0 Å². The Hall–Kier alpha value is -3.20. The third kappa shape index (κ3) is 4.96. The van der Waals surface area contributed by atoms with E-state index in [-0.39, 0.29) is 12.5 Å². The maximum Gasteiger partial charge on any atom is 0.263 e. The monoisotopic (exact) mass is 501 g/mol. The van der Waals surface area contributed by atoms with E-state index in [0.717, 1.165) is 5.56 Å². The van der Waals surface area contributed by atoms with E-state index in [1.54, 1.807) is 18.5 Å². The van der Waals surface area contributed by atoms with Crippen molar-refractivity contribution in [1.82, 2.24) is 33.9 Å². The van der Waals surface area contributed by atoms with Crippen LogP contribution in [0.5, 0.6) is 0 Å². The highest BCUT2D eigenvalue weighted by atomic mass is 32.2. The van der Waals surface area contributed by atoms with Gasteiger partial charge in [0.1, 0.15) is 5.82 Å². The number of piperazine rings is 1. The SMILES string of the molecule is CS(=O)(=O)N1CCN(CC(=O)n2ncc3c(-c4ccc(N)nc4)nc(N4CCOCC4)nc32)CC1. The van der Waals surface area contributed by atoms with Crippen LogP contribution in [0.1, 0.15) is 4.79 Å². The van der Waals surface area contributed by atoms with Crippen LogP contribution in [-0.4, -0.2) is 114 Å². The van der Waals surface area contributed by atoms with Crippen molar-refractivity contribution >= 4 is 38.7 Å². The first-order valence-electron chi connectivity index (χ1n) is 11.3. The lowest BCUT2D eigenvalue weighted by Gasteiger charge is -2.32. The molecule has 14 heteroatoms. The Morgan fingerprint density at radius 2 is 1.80 bits per heavy atom. The Balaban J connectivity index is 1.46. The first-order valence-corrected chi connectivity index (χ1v) is 13.2. The average molecular weight is 502 g/mol. The summed E-state index contributed by atoms with van der Waals surface area (Å²) in [6.45, 7) is 4.14. The van der Waals surface area contributed by atoms with Gasteiger partial charge >= 0.3 is 0 Å². The summed E-state index contributed by atoms with van der Waals surface area (Å²) in [6, 6.07) is 3.52.